The van der Waals surface area contributed by atoms with Gasteiger partial charge in [0.25, 0.3) is 0 Å². The van der Waals surface area contributed by atoms with Crippen LogP contribution in [0.4, 0.5) is 5.69 Å². The molecule has 3 aliphatic heterocycles. The van der Waals surface area contributed by atoms with E-state index in [2.05, 4.69) is 6.92 Å². The van der Waals surface area contributed by atoms with E-state index < -0.39 is 29.5 Å². The number of aryl methyl sites for hydroxylation is 1. The molecule has 0 aromatic heterocycles. The lowest BCUT2D eigenvalue weighted by Gasteiger charge is -2.21. The van der Waals surface area contributed by atoms with Crippen molar-refractivity contribution in [3.05, 3.63) is 42.0 Å². The summed E-state index contributed by atoms with van der Waals surface area (Å²) in [6, 6.07) is 7.83. The Labute approximate surface area is 128 Å². The fraction of sp³-hybridized carbons (Fsp3) is 0.412. The molecule has 1 amide bonds. The first kappa shape index (κ1) is 13.5. The SMILES string of the molecule is CCc1ccc(N2C[C@@]34C=C[C@H](O3)[C@@H](C(=O)O)[C@H]4C2=O)cc1. The number of aliphatic carboxylic acids is 1. The highest BCUT2D eigenvalue weighted by molar-refractivity contribution is 6.02. The number of nitrogens with zero attached hydrogens (tertiary/aromatic N) is 1. The average molecular weight is 299 g/mol. The largest absolute Gasteiger partial charge is 0.481 e. The molecule has 4 atom stereocenters. The molecule has 22 heavy (non-hydrogen) atoms. The first-order chi connectivity index (χ1) is 10.6. The molecule has 3 aliphatic rings. The minimum atomic E-state index is -0.960. The van der Waals surface area contributed by atoms with E-state index in [0.717, 1.165) is 12.1 Å². The molecular weight excluding hydrogens is 282 g/mol. The van der Waals surface area contributed by atoms with Crippen LogP contribution in [0.2, 0.25) is 0 Å². The van der Waals surface area contributed by atoms with E-state index in [1.54, 1.807) is 11.0 Å². The topological polar surface area (TPSA) is 66.8 Å². The second-order valence-electron chi connectivity index (χ2n) is 6.18. The second kappa shape index (κ2) is 4.43. The summed E-state index contributed by atoms with van der Waals surface area (Å²) in [5.74, 6) is -2.51. The van der Waals surface area contributed by atoms with Gasteiger partial charge in [0.05, 0.1) is 18.6 Å². The van der Waals surface area contributed by atoms with Gasteiger partial charge in [-0.3, -0.25) is 9.59 Å². The molecule has 114 valence electrons. The van der Waals surface area contributed by atoms with Gasteiger partial charge in [0.15, 0.2) is 0 Å². The maximum absolute atomic E-state index is 12.8. The fourth-order valence-corrected chi connectivity index (χ4v) is 3.91. The van der Waals surface area contributed by atoms with Gasteiger partial charge in [-0.1, -0.05) is 31.2 Å². The Bertz CT molecular complexity index is 680. The number of carbonyl (C=O) groups excluding carboxylic acids is 1. The van der Waals surface area contributed by atoms with Crippen molar-refractivity contribution < 1.29 is 19.4 Å². The summed E-state index contributed by atoms with van der Waals surface area (Å²) < 4.78 is 5.87. The number of hydrogen-bond acceptors (Lipinski definition) is 3. The van der Waals surface area contributed by atoms with Crippen LogP contribution in [0, 0.1) is 11.8 Å². The number of fused-ring (bicyclic) bond motifs is 1. The van der Waals surface area contributed by atoms with Gasteiger partial charge in [-0.05, 0) is 24.1 Å². The minimum absolute atomic E-state index is 0.150. The smallest absolute Gasteiger partial charge is 0.310 e. The van der Waals surface area contributed by atoms with Gasteiger partial charge in [-0.25, -0.2) is 0 Å². The Morgan fingerprint density at radius 2 is 2.14 bits per heavy atom. The van der Waals surface area contributed by atoms with Crippen molar-refractivity contribution in [2.24, 2.45) is 11.8 Å². The van der Waals surface area contributed by atoms with Gasteiger partial charge in [0.2, 0.25) is 5.91 Å². The molecule has 3 heterocycles. The predicted octanol–water partition coefficient (Wildman–Crippen LogP) is 1.62. The van der Waals surface area contributed by atoms with Crippen molar-refractivity contribution >= 4 is 17.6 Å². The van der Waals surface area contributed by atoms with E-state index in [9.17, 15) is 14.7 Å². The number of carboxylic acids is 1. The molecule has 2 saturated heterocycles. The monoisotopic (exact) mass is 299 g/mol. The third-order valence-corrected chi connectivity index (χ3v) is 5.04. The number of carbonyl (C=O) groups is 2. The van der Waals surface area contributed by atoms with Crippen LogP contribution in [-0.4, -0.2) is 35.2 Å². The minimum Gasteiger partial charge on any atom is -0.481 e. The molecule has 5 heteroatoms. The van der Waals surface area contributed by atoms with Crippen molar-refractivity contribution in [2.75, 3.05) is 11.4 Å². The first-order valence-electron chi connectivity index (χ1n) is 7.56. The molecule has 0 unspecified atom stereocenters. The quantitative estimate of drug-likeness (QED) is 0.861. The third kappa shape index (κ3) is 1.63. The standard InChI is InChI=1S/C17H17NO4/c1-2-10-3-5-11(6-4-10)18-9-17-8-7-12(22-17)13(16(20)21)14(17)15(18)19/h3-8,12-14H,2,9H2,1H3,(H,20,21)/t12-,13+,14-,17+/m0/s1. The summed E-state index contributed by atoms with van der Waals surface area (Å²) in [6.07, 6.45) is 4.12. The van der Waals surface area contributed by atoms with Gasteiger partial charge in [-0.15, -0.1) is 0 Å². The van der Waals surface area contributed by atoms with Gasteiger partial charge >= 0.3 is 5.97 Å². The van der Waals surface area contributed by atoms with Crippen LogP contribution in [0.3, 0.4) is 0 Å². The van der Waals surface area contributed by atoms with E-state index in [4.69, 9.17) is 4.74 Å². The highest BCUT2D eigenvalue weighted by atomic mass is 16.5. The highest BCUT2D eigenvalue weighted by Gasteiger charge is 2.67. The zero-order valence-electron chi connectivity index (χ0n) is 12.2. The molecule has 5 nitrogen and oxygen atoms in total. The van der Waals surface area contributed by atoms with Crippen LogP contribution in [-0.2, 0) is 20.7 Å². The molecule has 1 aromatic carbocycles. The predicted molar refractivity (Wildman–Crippen MR) is 79.5 cm³/mol. The van der Waals surface area contributed by atoms with E-state index in [-0.39, 0.29) is 5.91 Å². The number of rotatable bonds is 3. The zero-order chi connectivity index (χ0) is 15.5. The van der Waals surface area contributed by atoms with Gasteiger partial charge in [-0.2, -0.15) is 0 Å². The van der Waals surface area contributed by atoms with Gasteiger partial charge in [0, 0.05) is 5.69 Å². The van der Waals surface area contributed by atoms with E-state index in [1.165, 1.54) is 5.56 Å². The first-order valence-corrected chi connectivity index (χ1v) is 7.56. The van der Waals surface area contributed by atoms with E-state index in [0.29, 0.717) is 6.54 Å². The van der Waals surface area contributed by atoms with Crippen LogP contribution in [0.1, 0.15) is 12.5 Å². The zero-order valence-corrected chi connectivity index (χ0v) is 12.2. The molecule has 2 fully saturated rings. The summed E-state index contributed by atoms with van der Waals surface area (Å²) >= 11 is 0. The van der Waals surface area contributed by atoms with Crippen LogP contribution in [0.5, 0.6) is 0 Å². The normalized spacial score (nSPS) is 35.2. The van der Waals surface area contributed by atoms with Crippen LogP contribution >= 0.6 is 0 Å². The lowest BCUT2D eigenvalue weighted by molar-refractivity contribution is -0.146. The van der Waals surface area contributed by atoms with Crippen LogP contribution in [0.15, 0.2) is 36.4 Å². The molecule has 0 saturated carbocycles. The second-order valence-corrected chi connectivity index (χ2v) is 6.18. The fourth-order valence-electron chi connectivity index (χ4n) is 3.91. The Morgan fingerprint density at radius 1 is 1.41 bits per heavy atom. The molecule has 2 bridgehead atoms. The molecule has 1 spiro atoms. The number of benzene rings is 1. The number of anilines is 1. The third-order valence-electron chi connectivity index (χ3n) is 5.04. The van der Waals surface area contributed by atoms with Crippen molar-refractivity contribution in [3.63, 3.8) is 0 Å². The summed E-state index contributed by atoms with van der Waals surface area (Å²) in [6.45, 7) is 2.47. The van der Waals surface area contributed by atoms with Gasteiger partial charge in [0.1, 0.15) is 11.5 Å². The van der Waals surface area contributed by atoms with Crippen LogP contribution in [0.25, 0.3) is 0 Å². The average Bonchev–Trinajstić information content (AvgIpc) is 3.15. The summed E-state index contributed by atoms with van der Waals surface area (Å²) in [4.78, 5) is 26.0. The molecule has 4 rings (SSSR count). The molecule has 0 radical (unpaired) electrons. The van der Waals surface area contributed by atoms with E-state index in [1.807, 2.05) is 30.3 Å². The van der Waals surface area contributed by atoms with Crippen molar-refractivity contribution in [1.29, 1.82) is 0 Å². The summed E-state index contributed by atoms with van der Waals surface area (Å²) in [7, 11) is 0. The summed E-state index contributed by atoms with van der Waals surface area (Å²) in [5, 5.41) is 9.44. The Morgan fingerprint density at radius 3 is 2.77 bits per heavy atom. The lowest BCUT2D eigenvalue weighted by atomic mass is 9.77. The number of carboxylic acid groups (broad SMARTS) is 1. The summed E-state index contributed by atoms with van der Waals surface area (Å²) in [5.41, 5.74) is 1.23. The highest BCUT2D eigenvalue weighted by Crippen LogP contribution is 2.52. The molecule has 1 aromatic rings. The van der Waals surface area contributed by atoms with Crippen molar-refractivity contribution in [3.8, 4) is 0 Å². The molecular formula is C17H17NO4. The van der Waals surface area contributed by atoms with Crippen LogP contribution < -0.4 is 4.90 Å². The molecule has 0 aliphatic carbocycles. The Balaban J connectivity index is 1.70. The number of hydrogen-bond donors (Lipinski definition) is 1. The maximum Gasteiger partial charge on any atom is 0.310 e. The lowest BCUT2D eigenvalue weighted by Crippen LogP contribution is -2.39. The van der Waals surface area contributed by atoms with Crippen molar-refractivity contribution in [1.82, 2.24) is 0 Å². The maximum atomic E-state index is 12.8. The Kier molecular flexibility index (Phi) is 2.72. The number of amides is 1. The van der Waals surface area contributed by atoms with Gasteiger partial charge < -0.3 is 14.7 Å². The number of ether oxygens (including phenoxy) is 1. The van der Waals surface area contributed by atoms with Crippen molar-refractivity contribution in [2.45, 2.75) is 25.0 Å². The molecule has 1 N–H and O–H groups in total. The Hall–Kier alpha value is -2.14. The van der Waals surface area contributed by atoms with E-state index >= 15 is 0 Å².